The normalized spacial score (nSPS) is 14.4. The number of benzene rings is 1. The van der Waals surface area contributed by atoms with Crippen LogP contribution in [0.1, 0.15) is 25.8 Å². The highest BCUT2D eigenvalue weighted by molar-refractivity contribution is 5.86. The summed E-state index contributed by atoms with van der Waals surface area (Å²) in [5.41, 5.74) is 5.81. The maximum atomic E-state index is 13.3. The lowest BCUT2D eigenvalue weighted by Gasteiger charge is -2.17. The number of hydrogen-bond donors (Lipinski definition) is 1. The van der Waals surface area contributed by atoms with Crippen LogP contribution in [-0.4, -0.2) is 11.8 Å². The molecule has 0 heterocycles. The molecule has 94 valence electrons. The summed E-state index contributed by atoms with van der Waals surface area (Å²) in [6.45, 7) is 3.80. The maximum Gasteiger partial charge on any atom is 0.154 e. The predicted octanol–water partition coefficient (Wildman–Crippen LogP) is 2.45. The van der Waals surface area contributed by atoms with Gasteiger partial charge in [0.15, 0.2) is 5.78 Å². The Labute approximate surface area is 99.8 Å². The second-order valence-corrected chi connectivity index (χ2v) is 4.29. The summed E-state index contributed by atoms with van der Waals surface area (Å²) >= 11 is 0. The lowest BCUT2D eigenvalue weighted by Crippen LogP contribution is -2.37. The van der Waals surface area contributed by atoms with E-state index >= 15 is 0 Å². The Kier molecular flexibility index (Phi) is 4.75. The monoisotopic (exact) mass is 241 g/mol. The van der Waals surface area contributed by atoms with Crippen LogP contribution >= 0.6 is 0 Å². The first kappa shape index (κ1) is 13.8. The summed E-state index contributed by atoms with van der Waals surface area (Å²) in [7, 11) is 0. The number of hydrogen-bond acceptors (Lipinski definition) is 2. The SMILES string of the molecule is CCC(C)C(N)C(=O)Cc1cc(F)ccc1F. The van der Waals surface area contributed by atoms with Crippen LogP contribution in [0.5, 0.6) is 0 Å². The topological polar surface area (TPSA) is 43.1 Å². The second kappa shape index (κ2) is 5.87. The molecule has 1 aromatic carbocycles. The smallest absolute Gasteiger partial charge is 0.154 e. The first-order chi connectivity index (χ1) is 7.95. The van der Waals surface area contributed by atoms with Gasteiger partial charge in [0.2, 0.25) is 0 Å². The Morgan fingerprint density at radius 1 is 1.41 bits per heavy atom. The van der Waals surface area contributed by atoms with Gasteiger partial charge in [-0.2, -0.15) is 0 Å². The molecule has 0 bridgehead atoms. The molecule has 1 rings (SSSR count). The van der Waals surface area contributed by atoms with Gasteiger partial charge in [-0.1, -0.05) is 20.3 Å². The van der Waals surface area contributed by atoms with Crippen molar-refractivity contribution in [3.05, 3.63) is 35.4 Å². The molecule has 0 aliphatic heterocycles. The van der Waals surface area contributed by atoms with E-state index in [-0.39, 0.29) is 23.7 Å². The van der Waals surface area contributed by atoms with Crippen molar-refractivity contribution in [3.8, 4) is 0 Å². The number of nitrogens with two attached hydrogens (primary N) is 1. The molecule has 2 atom stereocenters. The molecule has 0 aliphatic carbocycles. The van der Waals surface area contributed by atoms with Gasteiger partial charge in [0.25, 0.3) is 0 Å². The van der Waals surface area contributed by atoms with Gasteiger partial charge >= 0.3 is 0 Å². The largest absolute Gasteiger partial charge is 0.321 e. The number of rotatable bonds is 5. The van der Waals surface area contributed by atoms with Crippen molar-refractivity contribution in [2.45, 2.75) is 32.7 Å². The van der Waals surface area contributed by atoms with E-state index in [0.29, 0.717) is 0 Å². The zero-order chi connectivity index (χ0) is 13.0. The third-order valence-corrected chi connectivity index (χ3v) is 3.00. The average Bonchev–Trinajstić information content (AvgIpc) is 2.31. The second-order valence-electron chi connectivity index (χ2n) is 4.29. The maximum absolute atomic E-state index is 13.3. The van der Waals surface area contributed by atoms with Crippen molar-refractivity contribution < 1.29 is 13.6 Å². The van der Waals surface area contributed by atoms with E-state index < -0.39 is 17.7 Å². The van der Waals surface area contributed by atoms with Crippen molar-refractivity contribution in [2.75, 3.05) is 0 Å². The predicted molar refractivity (Wildman–Crippen MR) is 62.5 cm³/mol. The van der Waals surface area contributed by atoms with Crippen LogP contribution < -0.4 is 5.73 Å². The summed E-state index contributed by atoms with van der Waals surface area (Å²) < 4.78 is 26.2. The zero-order valence-electron chi connectivity index (χ0n) is 10.0. The zero-order valence-corrected chi connectivity index (χ0v) is 10.0. The Balaban J connectivity index is 2.77. The van der Waals surface area contributed by atoms with Crippen molar-refractivity contribution >= 4 is 5.78 Å². The molecule has 1 aromatic rings. The quantitative estimate of drug-likeness (QED) is 0.860. The molecule has 17 heavy (non-hydrogen) atoms. The van der Waals surface area contributed by atoms with Crippen LogP contribution in [0, 0.1) is 17.6 Å². The van der Waals surface area contributed by atoms with E-state index in [1.165, 1.54) is 0 Å². The lowest BCUT2D eigenvalue weighted by molar-refractivity contribution is -0.120. The number of Topliss-reactive ketones (excluding diaryl/α,β-unsaturated/α-hetero) is 1. The van der Waals surface area contributed by atoms with Gasteiger partial charge < -0.3 is 5.73 Å². The first-order valence-corrected chi connectivity index (χ1v) is 5.68. The number of carbonyl (C=O) groups is 1. The minimum Gasteiger partial charge on any atom is -0.321 e. The Morgan fingerprint density at radius 2 is 2.06 bits per heavy atom. The molecule has 0 spiro atoms. The van der Waals surface area contributed by atoms with Crippen molar-refractivity contribution in [1.29, 1.82) is 0 Å². The molecule has 0 saturated carbocycles. The van der Waals surface area contributed by atoms with Crippen LogP contribution in [0.4, 0.5) is 8.78 Å². The van der Waals surface area contributed by atoms with Gasteiger partial charge in [-0.25, -0.2) is 8.78 Å². The fraction of sp³-hybridized carbons (Fsp3) is 0.462. The molecule has 2 N–H and O–H groups in total. The molecule has 2 unspecified atom stereocenters. The summed E-state index contributed by atoms with van der Waals surface area (Å²) in [4.78, 5) is 11.8. The molecular formula is C13H17F2NO. The Bertz CT molecular complexity index is 406. The molecule has 0 aromatic heterocycles. The minimum absolute atomic E-state index is 0.0409. The lowest BCUT2D eigenvalue weighted by atomic mass is 9.93. The fourth-order valence-corrected chi connectivity index (χ4v) is 1.56. The first-order valence-electron chi connectivity index (χ1n) is 5.68. The van der Waals surface area contributed by atoms with E-state index in [4.69, 9.17) is 5.73 Å². The van der Waals surface area contributed by atoms with Gasteiger partial charge in [0.05, 0.1) is 6.04 Å². The van der Waals surface area contributed by atoms with Crippen molar-refractivity contribution in [1.82, 2.24) is 0 Å². The molecule has 0 fully saturated rings. The molecule has 4 heteroatoms. The molecular weight excluding hydrogens is 224 g/mol. The molecule has 0 radical (unpaired) electrons. The highest BCUT2D eigenvalue weighted by Crippen LogP contribution is 2.14. The summed E-state index contributed by atoms with van der Waals surface area (Å²) in [5.74, 6) is -1.34. The van der Waals surface area contributed by atoms with Crippen molar-refractivity contribution in [2.24, 2.45) is 11.7 Å². The summed E-state index contributed by atoms with van der Waals surface area (Å²) in [5, 5.41) is 0. The van der Waals surface area contributed by atoms with Crippen LogP contribution in [-0.2, 0) is 11.2 Å². The van der Waals surface area contributed by atoms with Crippen LogP contribution in [0.2, 0.25) is 0 Å². The van der Waals surface area contributed by atoms with E-state index in [2.05, 4.69) is 0 Å². The van der Waals surface area contributed by atoms with Crippen LogP contribution in [0.15, 0.2) is 18.2 Å². The summed E-state index contributed by atoms with van der Waals surface area (Å²) in [6.07, 6.45) is 0.619. The van der Waals surface area contributed by atoms with E-state index in [1.54, 1.807) is 0 Å². The summed E-state index contributed by atoms with van der Waals surface area (Å²) in [6, 6.07) is 2.46. The highest BCUT2D eigenvalue weighted by Gasteiger charge is 2.20. The Morgan fingerprint density at radius 3 is 2.65 bits per heavy atom. The average molecular weight is 241 g/mol. The van der Waals surface area contributed by atoms with E-state index in [0.717, 1.165) is 24.6 Å². The Hall–Kier alpha value is -1.29. The standard InChI is InChI=1S/C13H17F2NO/c1-3-8(2)13(16)12(17)7-9-6-10(14)4-5-11(9)15/h4-6,8,13H,3,7,16H2,1-2H3. The molecule has 0 aliphatic rings. The number of carbonyl (C=O) groups excluding carboxylic acids is 1. The van der Waals surface area contributed by atoms with Gasteiger partial charge in [0.1, 0.15) is 11.6 Å². The number of ketones is 1. The number of halogens is 2. The molecule has 0 saturated heterocycles. The van der Waals surface area contributed by atoms with E-state index in [9.17, 15) is 13.6 Å². The van der Waals surface area contributed by atoms with Gasteiger partial charge in [-0.3, -0.25) is 4.79 Å². The fourth-order valence-electron chi connectivity index (χ4n) is 1.56. The minimum atomic E-state index is -0.623. The molecule has 2 nitrogen and oxygen atoms in total. The van der Waals surface area contributed by atoms with Crippen LogP contribution in [0.25, 0.3) is 0 Å². The van der Waals surface area contributed by atoms with Gasteiger partial charge in [0, 0.05) is 6.42 Å². The van der Waals surface area contributed by atoms with Gasteiger partial charge in [-0.05, 0) is 29.7 Å². The molecule has 0 amide bonds. The third kappa shape index (κ3) is 3.60. The van der Waals surface area contributed by atoms with Crippen LogP contribution in [0.3, 0.4) is 0 Å². The highest BCUT2D eigenvalue weighted by atomic mass is 19.1. The van der Waals surface area contributed by atoms with Gasteiger partial charge in [-0.15, -0.1) is 0 Å². The third-order valence-electron chi connectivity index (χ3n) is 3.00. The van der Waals surface area contributed by atoms with E-state index in [1.807, 2.05) is 13.8 Å². The van der Waals surface area contributed by atoms with Crippen molar-refractivity contribution in [3.63, 3.8) is 0 Å².